The maximum Gasteiger partial charge on any atom is 0.253 e. The molecule has 1 saturated heterocycles. The number of piperidine rings is 1. The quantitative estimate of drug-likeness (QED) is 0.773. The van der Waals surface area contributed by atoms with Crippen LogP contribution in [0.2, 0.25) is 0 Å². The highest BCUT2D eigenvalue weighted by molar-refractivity contribution is 6.00. The molecule has 0 bridgehead atoms. The molecule has 1 atom stereocenters. The first kappa shape index (κ1) is 20.1. The SMILES string of the molecule is O=C(NC1CCCc2ccccc21)c1ccccc1N1CCC(NC(=O)C2CC2)CC1. The Kier molecular flexibility index (Phi) is 5.66. The Morgan fingerprint density at radius 1 is 0.839 bits per heavy atom. The van der Waals surface area contributed by atoms with Crippen molar-refractivity contribution < 1.29 is 9.59 Å². The first-order valence-corrected chi connectivity index (χ1v) is 11.7. The maximum atomic E-state index is 13.3. The standard InChI is InChI=1S/C26H31N3O2/c30-25(19-12-13-19)27-20-14-16-29(17-15-20)24-11-4-3-9-22(24)26(31)28-23-10-5-7-18-6-1-2-8-21(18)23/h1-4,6,8-9,11,19-20,23H,5,7,10,12-17H2,(H,27,30)(H,28,31). The van der Waals surface area contributed by atoms with E-state index in [1.807, 2.05) is 24.3 Å². The highest BCUT2D eigenvalue weighted by Crippen LogP contribution is 2.32. The number of benzene rings is 2. The van der Waals surface area contributed by atoms with Gasteiger partial charge in [0.1, 0.15) is 0 Å². The van der Waals surface area contributed by atoms with Gasteiger partial charge in [-0.15, -0.1) is 0 Å². The van der Waals surface area contributed by atoms with Crippen LogP contribution in [0.25, 0.3) is 0 Å². The average Bonchev–Trinajstić information content (AvgIpc) is 3.66. The largest absolute Gasteiger partial charge is 0.371 e. The Balaban J connectivity index is 1.25. The molecule has 2 aromatic rings. The normalized spacial score (nSPS) is 21.3. The fourth-order valence-electron chi connectivity index (χ4n) is 5.01. The minimum atomic E-state index is 0.00135. The number of amides is 2. The van der Waals surface area contributed by atoms with Crippen molar-refractivity contribution in [1.29, 1.82) is 0 Å². The first-order valence-electron chi connectivity index (χ1n) is 11.7. The van der Waals surface area contributed by atoms with Crippen LogP contribution in [0.3, 0.4) is 0 Å². The lowest BCUT2D eigenvalue weighted by Gasteiger charge is -2.35. The molecule has 1 aliphatic heterocycles. The molecule has 1 heterocycles. The van der Waals surface area contributed by atoms with Gasteiger partial charge in [0.05, 0.1) is 11.6 Å². The second kappa shape index (κ2) is 8.74. The van der Waals surface area contributed by atoms with E-state index >= 15 is 0 Å². The van der Waals surface area contributed by atoms with E-state index in [2.05, 4.69) is 39.8 Å². The fraction of sp³-hybridized carbons (Fsp3) is 0.462. The number of nitrogens with one attached hydrogen (secondary N) is 2. The lowest BCUT2D eigenvalue weighted by Crippen LogP contribution is -2.45. The number of nitrogens with zero attached hydrogens (tertiary/aromatic N) is 1. The van der Waals surface area contributed by atoms with Gasteiger partial charge < -0.3 is 15.5 Å². The zero-order valence-electron chi connectivity index (χ0n) is 18.0. The number of hydrogen-bond acceptors (Lipinski definition) is 3. The van der Waals surface area contributed by atoms with Crippen molar-refractivity contribution in [1.82, 2.24) is 10.6 Å². The van der Waals surface area contributed by atoms with E-state index in [9.17, 15) is 9.59 Å². The Hall–Kier alpha value is -2.82. The minimum absolute atomic E-state index is 0.00135. The van der Waals surface area contributed by atoms with Gasteiger partial charge in [-0.2, -0.15) is 0 Å². The summed E-state index contributed by atoms with van der Waals surface area (Å²) in [7, 11) is 0. The molecule has 31 heavy (non-hydrogen) atoms. The summed E-state index contributed by atoms with van der Waals surface area (Å²) in [5, 5.41) is 6.51. The number of carbonyl (C=O) groups excluding carboxylic acids is 2. The van der Waals surface area contributed by atoms with Crippen LogP contribution < -0.4 is 15.5 Å². The van der Waals surface area contributed by atoms with Crippen LogP contribution in [0.5, 0.6) is 0 Å². The van der Waals surface area contributed by atoms with Crippen LogP contribution in [0, 0.1) is 5.92 Å². The van der Waals surface area contributed by atoms with E-state index in [1.165, 1.54) is 11.1 Å². The van der Waals surface area contributed by atoms with Crippen molar-refractivity contribution in [2.24, 2.45) is 5.92 Å². The number of carbonyl (C=O) groups is 2. The van der Waals surface area contributed by atoms with Gasteiger partial charge >= 0.3 is 0 Å². The van der Waals surface area contributed by atoms with E-state index in [0.29, 0.717) is 0 Å². The van der Waals surface area contributed by atoms with E-state index in [1.54, 1.807) is 0 Å². The highest BCUT2D eigenvalue weighted by Gasteiger charge is 2.32. The summed E-state index contributed by atoms with van der Waals surface area (Å²) < 4.78 is 0. The van der Waals surface area contributed by atoms with Crippen LogP contribution in [-0.2, 0) is 11.2 Å². The highest BCUT2D eigenvalue weighted by atomic mass is 16.2. The maximum absolute atomic E-state index is 13.3. The second-order valence-corrected chi connectivity index (χ2v) is 9.18. The molecule has 2 aromatic carbocycles. The second-order valence-electron chi connectivity index (χ2n) is 9.18. The third-order valence-electron chi connectivity index (χ3n) is 6.95. The van der Waals surface area contributed by atoms with Crippen LogP contribution in [-0.4, -0.2) is 30.9 Å². The Labute approximate surface area is 184 Å². The monoisotopic (exact) mass is 417 g/mol. The van der Waals surface area contributed by atoms with Crippen molar-refractivity contribution in [3.63, 3.8) is 0 Å². The van der Waals surface area contributed by atoms with Gasteiger partial charge in [0, 0.05) is 30.7 Å². The van der Waals surface area contributed by atoms with Gasteiger partial charge in [0.15, 0.2) is 0 Å². The van der Waals surface area contributed by atoms with Crippen molar-refractivity contribution in [2.75, 3.05) is 18.0 Å². The van der Waals surface area contributed by atoms with Gasteiger partial charge in [0.2, 0.25) is 5.91 Å². The Morgan fingerprint density at radius 2 is 1.58 bits per heavy atom. The number of hydrogen-bond donors (Lipinski definition) is 2. The van der Waals surface area contributed by atoms with Crippen LogP contribution in [0.4, 0.5) is 5.69 Å². The van der Waals surface area contributed by atoms with E-state index in [0.717, 1.165) is 69.3 Å². The minimum Gasteiger partial charge on any atom is -0.371 e. The van der Waals surface area contributed by atoms with Crippen molar-refractivity contribution >= 4 is 17.5 Å². The fourth-order valence-corrected chi connectivity index (χ4v) is 5.01. The van der Waals surface area contributed by atoms with Crippen LogP contribution >= 0.6 is 0 Å². The zero-order valence-corrected chi connectivity index (χ0v) is 18.0. The van der Waals surface area contributed by atoms with Crippen molar-refractivity contribution in [3.05, 3.63) is 65.2 Å². The summed E-state index contributed by atoms with van der Waals surface area (Å²) in [6, 6.07) is 16.7. The summed E-state index contributed by atoms with van der Waals surface area (Å²) in [4.78, 5) is 27.6. The van der Waals surface area contributed by atoms with Crippen molar-refractivity contribution in [3.8, 4) is 0 Å². The molecule has 1 saturated carbocycles. The number of fused-ring (bicyclic) bond motifs is 1. The predicted molar refractivity (Wildman–Crippen MR) is 122 cm³/mol. The Bertz CT molecular complexity index is 961. The van der Waals surface area contributed by atoms with Crippen LogP contribution in [0.15, 0.2) is 48.5 Å². The third-order valence-corrected chi connectivity index (χ3v) is 6.95. The number of rotatable bonds is 5. The average molecular weight is 418 g/mol. The molecular weight excluding hydrogens is 386 g/mol. The van der Waals surface area contributed by atoms with Gasteiger partial charge in [-0.25, -0.2) is 0 Å². The molecule has 0 aromatic heterocycles. The van der Waals surface area contributed by atoms with E-state index in [4.69, 9.17) is 0 Å². The summed E-state index contributed by atoms with van der Waals surface area (Å²) in [5.41, 5.74) is 4.34. The van der Waals surface area contributed by atoms with E-state index < -0.39 is 0 Å². The molecule has 5 rings (SSSR count). The molecule has 5 heteroatoms. The zero-order chi connectivity index (χ0) is 21.2. The Morgan fingerprint density at radius 3 is 2.39 bits per heavy atom. The first-order chi connectivity index (χ1) is 15.2. The van der Waals surface area contributed by atoms with E-state index in [-0.39, 0.29) is 29.8 Å². The number of para-hydroxylation sites is 1. The molecule has 2 aliphatic carbocycles. The summed E-state index contributed by atoms with van der Waals surface area (Å²) >= 11 is 0. The summed E-state index contributed by atoms with van der Waals surface area (Å²) in [6.45, 7) is 1.71. The summed E-state index contributed by atoms with van der Waals surface area (Å²) in [6.07, 6.45) is 7.10. The van der Waals surface area contributed by atoms with Gasteiger partial charge in [-0.05, 0) is 68.2 Å². The third kappa shape index (κ3) is 4.46. The predicted octanol–water partition coefficient (Wildman–Crippen LogP) is 3.99. The lowest BCUT2D eigenvalue weighted by atomic mass is 9.87. The molecule has 5 nitrogen and oxygen atoms in total. The molecule has 2 amide bonds. The number of aryl methyl sites for hydroxylation is 1. The molecule has 1 unspecified atom stereocenters. The van der Waals surface area contributed by atoms with Crippen LogP contribution in [0.1, 0.15) is 66.1 Å². The smallest absolute Gasteiger partial charge is 0.253 e. The lowest BCUT2D eigenvalue weighted by molar-refractivity contribution is -0.123. The molecule has 3 aliphatic rings. The van der Waals surface area contributed by atoms with Gasteiger partial charge in [-0.1, -0.05) is 36.4 Å². The molecule has 0 radical (unpaired) electrons. The molecule has 2 N–H and O–H groups in total. The number of anilines is 1. The molecule has 0 spiro atoms. The van der Waals surface area contributed by atoms with Gasteiger partial charge in [0.25, 0.3) is 5.91 Å². The molecule has 2 fully saturated rings. The summed E-state index contributed by atoms with van der Waals surface area (Å²) in [5.74, 6) is 0.486. The molecule has 162 valence electrons. The van der Waals surface area contributed by atoms with Crippen molar-refractivity contribution in [2.45, 2.75) is 57.0 Å². The molecular formula is C26H31N3O2. The topological polar surface area (TPSA) is 61.4 Å². The van der Waals surface area contributed by atoms with Gasteiger partial charge in [-0.3, -0.25) is 9.59 Å².